The van der Waals surface area contributed by atoms with Crippen molar-refractivity contribution in [2.75, 3.05) is 0 Å². The summed E-state index contributed by atoms with van der Waals surface area (Å²) < 4.78 is 0. The molecule has 0 radical (unpaired) electrons. The molecule has 0 atom stereocenters. The van der Waals surface area contributed by atoms with E-state index in [-0.39, 0.29) is 16.8 Å². The number of amides is 1. The Hall–Kier alpha value is -1.53. The van der Waals surface area contributed by atoms with E-state index in [1.807, 2.05) is 6.20 Å². The van der Waals surface area contributed by atoms with Gasteiger partial charge < -0.3 is 5.32 Å². The summed E-state index contributed by atoms with van der Waals surface area (Å²) in [5.41, 5.74) is 0.242. The zero-order valence-corrected chi connectivity index (χ0v) is 11.3. The number of nitrogens with zero attached hydrogens (tertiary/aromatic N) is 3. The van der Waals surface area contributed by atoms with Gasteiger partial charge in [-0.2, -0.15) is 0 Å². The number of halogens is 1. The van der Waals surface area contributed by atoms with Gasteiger partial charge in [-0.3, -0.25) is 4.79 Å². The van der Waals surface area contributed by atoms with Gasteiger partial charge in [0.2, 0.25) is 0 Å². The average Bonchev–Trinajstić information content (AvgIpc) is 2.85. The summed E-state index contributed by atoms with van der Waals surface area (Å²) in [6.45, 7) is 2.47. The van der Waals surface area contributed by atoms with Crippen molar-refractivity contribution in [2.24, 2.45) is 0 Å². The van der Waals surface area contributed by atoms with E-state index in [1.54, 1.807) is 11.3 Å². The van der Waals surface area contributed by atoms with E-state index >= 15 is 0 Å². The van der Waals surface area contributed by atoms with Gasteiger partial charge in [0, 0.05) is 11.1 Å². The van der Waals surface area contributed by atoms with Gasteiger partial charge in [-0.05, 0) is 18.6 Å². The summed E-state index contributed by atoms with van der Waals surface area (Å²) >= 11 is 7.18. The second-order valence-electron chi connectivity index (χ2n) is 3.50. The van der Waals surface area contributed by atoms with Crippen molar-refractivity contribution in [1.82, 2.24) is 20.5 Å². The molecule has 7 heteroatoms. The van der Waals surface area contributed by atoms with E-state index in [0.717, 1.165) is 11.4 Å². The minimum Gasteiger partial charge on any atom is -0.344 e. The Bertz CT molecular complexity index is 540. The van der Waals surface area contributed by atoms with Gasteiger partial charge in [0.25, 0.3) is 5.91 Å². The highest BCUT2D eigenvalue weighted by atomic mass is 35.5. The van der Waals surface area contributed by atoms with E-state index in [1.165, 1.54) is 17.0 Å². The van der Waals surface area contributed by atoms with Crippen LogP contribution in [0.15, 0.2) is 18.3 Å². The van der Waals surface area contributed by atoms with Gasteiger partial charge in [0.15, 0.2) is 10.8 Å². The molecule has 94 valence electrons. The smallest absolute Gasteiger partial charge is 0.272 e. The van der Waals surface area contributed by atoms with Crippen molar-refractivity contribution in [3.8, 4) is 0 Å². The fraction of sp³-hybridized carbons (Fsp3) is 0.273. The maximum atomic E-state index is 11.7. The first-order chi connectivity index (χ1) is 8.69. The Morgan fingerprint density at radius 3 is 2.89 bits per heavy atom. The molecule has 0 aromatic carbocycles. The van der Waals surface area contributed by atoms with Crippen LogP contribution in [-0.4, -0.2) is 21.1 Å². The van der Waals surface area contributed by atoms with E-state index in [4.69, 9.17) is 11.6 Å². The monoisotopic (exact) mass is 282 g/mol. The second-order valence-corrected chi connectivity index (χ2v) is 5.08. The highest BCUT2D eigenvalue weighted by Gasteiger charge is 2.08. The number of hydrogen-bond donors (Lipinski definition) is 1. The predicted octanol–water partition coefficient (Wildman–Crippen LogP) is 2.08. The largest absolute Gasteiger partial charge is 0.344 e. The van der Waals surface area contributed by atoms with Crippen LogP contribution in [0.2, 0.25) is 5.15 Å². The molecule has 0 spiro atoms. The maximum Gasteiger partial charge on any atom is 0.272 e. The number of carbonyl (C=O) groups is 1. The molecule has 0 unspecified atom stereocenters. The van der Waals surface area contributed by atoms with Crippen LogP contribution in [0.1, 0.15) is 27.3 Å². The number of nitrogens with one attached hydrogen (secondary N) is 1. The van der Waals surface area contributed by atoms with Crippen molar-refractivity contribution in [2.45, 2.75) is 19.9 Å². The van der Waals surface area contributed by atoms with Crippen molar-refractivity contribution >= 4 is 28.8 Å². The van der Waals surface area contributed by atoms with Crippen molar-refractivity contribution < 1.29 is 4.79 Å². The topological polar surface area (TPSA) is 67.8 Å². The molecule has 0 saturated heterocycles. The number of hydrogen-bond acceptors (Lipinski definition) is 5. The third kappa shape index (κ3) is 3.24. The molecule has 2 aromatic heterocycles. The van der Waals surface area contributed by atoms with E-state index in [2.05, 4.69) is 27.4 Å². The predicted molar refractivity (Wildman–Crippen MR) is 69.7 cm³/mol. The van der Waals surface area contributed by atoms with E-state index in [0.29, 0.717) is 6.54 Å². The number of thiazole rings is 1. The van der Waals surface area contributed by atoms with E-state index in [9.17, 15) is 4.79 Å². The Balaban J connectivity index is 1.93. The van der Waals surface area contributed by atoms with Crippen LogP contribution in [0.4, 0.5) is 0 Å². The minimum absolute atomic E-state index is 0.242. The first-order valence-corrected chi connectivity index (χ1v) is 6.59. The molecule has 2 aromatic rings. The van der Waals surface area contributed by atoms with Gasteiger partial charge in [0.05, 0.1) is 6.54 Å². The molecule has 18 heavy (non-hydrogen) atoms. The van der Waals surface area contributed by atoms with Crippen LogP contribution in [-0.2, 0) is 13.0 Å². The van der Waals surface area contributed by atoms with Crippen molar-refractivity contribution in [3.05, 3.63) is 39.1 Å². The third-order valence-electron chi connectivity index (χ3n) is 2.21. The lowest BCUT2D eigenvalue weighted by atomic mass is 10.3. The first kappa shape index (κ1) is 12.9. The lowest BCUT2D eigenvalue weighted by Gasteiger charge is -2.01. The van der Waals surface area contributed by atoms with Gasteiger partial charge in [-0.1, -0.05) is 18.5 Å². The first-order valence-electron chi connectivity index (χ1n) is 5.40. The van der Waals surface area contributed by atoms with Gasteiger partial charge in [-0.15, -0.1) is 21.5 Å². The molecule has 1 amide bonds. The molecule has 0 fully saturated rings. The molecule has 0 bridgehead atoms. The van der Waals surface area contributed by atoms with Gasteiger partial charge >= 0.3 is 0 Å². The zero-order valence-electron chi connectivity index (χ0n) is 9.68. The molecule has 1 N–H and O–H groups in total. The second kappa shape index (κ2) is 5.88. The SMILES string of the molecule is CCc1cnc(CNC(=O)c2ccc(Cl)nn2)s1. The van der Waals surface area contributed by atoms with Crippen LogP contribution < -0.4 is 5.32 Å². The molecular weight excluding hydrogens is 272 g/mol. The lowest BCUT2D eigenvalue weighted by molar-refractivity contribution is 0.0945. The Labute approximate surface area is 113 Å². The van der Waals surface area contributed by atoms with Gasteiger partial charge in [-0.25, -0.2) is 4.98 Å². The summed E-state index contributed by atoms with van der Waals surface area (Å²) in [4.78, 5) is 17.1. The van der Waals surface area contributed by atoms with Crippen molar-refractivity contribution in [1.29, 1.82) is 0 Å². The third-order valence-corrected chi connectivity index (χ3v) is 3.56. The number of rotatable bonds is 4. The number of carbonyl (C=O) groups excluding carboxylic acids is 1. The maximum absolute atomic E-state index is 11.7. The molecule has 0 aliphatic heterocycles. The molecule has 0 aliphatic rings. The van der Waals surface area contributed by atoms with Gasteiger partial charge in [0.1, 0.15) is 5.01 Å². The van der Waals surface area contributed by atoms with Crippen LogP contribution in [0, 0.1) is 0 Å². The fourth-order valence-corrected chi connectivity index (χ4v) is 2.18. The van der Waals surface area contributed by atoms with Crippen molar-refractivity contribution in [3.63, 3.8) is 0 Å². The summed E-state index contributed by atoms with van der Waals surface area (Å²) in [5, 5.41) is 11.2. The molecule has 0 saturated carbocycles. The van der Waals surface area contributed by atoms with Crippen LogP contribution in [0.5, 0.6) is 0 Å². The van der Waals surface area contributed by atoms with E-state index < -0.39 is 0 Å². The standard InChI is InChI=1S/C11H11ClN4OS/c1-2-7-5-13-10(18-7)6-14-11(17)8-3-4-9(12)16-15-8/h3-5H,2,6H2,1H3,(H,14,17). The molecular formula is C11H11ClN4OS. The highest BCUT2D eigenvalue weighted by Crippen LogP contribution is 2.13. The summed E-state index contributed by atoms with van der Waals surface area (Å²) in [6.07, 6.45) is 2.78. The minimum atomic E-state index is -0.285. The highest BCUT2D eigenvalue weighted by molar-refractivity contribution is 7.11. The zero-order chi connectivity index (χ0) is 13.0. The number of aromatic nitrogens is 3. The summed E-state index contributed by atoms with van der Waals surface area (Å²) in [6, 6.07) is 3.06. The normalized spacial score (nSPS) is 10.3. The van der Waals surface area contributed by atoms with Crippen LogP contribution in [0.25, 0.3) is 0 Å². The lowest BCUT2D eigenvalue weighted by Crippen LogP contribution is -2.23. The fourth-order valence-electron chi connectivity index (χ4n) is 1.28. The Kier molecular flexibility index (Phi) is 4.22. The molecule has 2 rings (SSSR count). The quantitative estimate of drug-likeness (QED) is 0.932. The summed E-state index contributed by atoms with van der Waals surface area (Å²) in [5.74, 6) is -0.285. The molecule has 2 heterocycles. The summed E-state index contributed by atoms with van der Waals surface area (Å²) in [7, 11) is 0. The number of aryl methyl sites for hydroxylation is 1. The average molecular weight is 283 g/mol. The van der Waals surface area contributed by atoms with Crippen LogP contribution in [0.3, 0.4) is 0 Å². The Morgan fingerprint density at radius 1 is 1.44 bits per heavy atom. The van der Waals surface area contributed by atoms with Crippen LogP contribution >= 0.6 is 22.9 Å². The Morgan fingerprint density at radius 2 is 2.28 bits per heavy atom. The molecule has 0 aliphatic carbocycles. The molecule has 5 nitrogen and oxygen atoms in total.